The lowest BCUT2D eigenvalue weighted by Crippen LogP contribution is -2.42. The van der Waals surface area contributed by atoms with Gasteiger partial charge >= 0.3 is 0 Å². The van der Waals surface area contributed by atoms with E-state index in [0.717, 1.165) is 5.56 Å². The number of hydrogen-bond donors (Lipinski definition) is 3. The van der Waals surface area contributed by atoms with E-state index in [1.54, 1.807) is 18.2 Å². The van der Waals surface area contributed by atoms with Crippen LogP contribution in [-0.2, 0) is 16.0 Å². The van der Waals surface area contributed by atoms with Crippen molar-refractivity contribution in [2.45, 2.75) is 12.1 Å². The molecule has 1 aromatic rings. The van der Waals surface area contributed by atoms with Gasteiger partial charge in [-0.3, -0.25) is 4.55 Å². The smallest absolute Gasteiger partial charge is 0.232 e. The third-order valence-electron chi connectivity index (χ3n) is 2.83. The Hall–Kier alpha value is -0.210. The summed E-state index contributed by atoms with van der Waals surface area (Å²) in [7, 11) is 0. The van der Waals surface area contributed by atoms with Gasteiger partial charge in [0, 0.05) is 13.1 Å². The Balaban J connectivity index is 2.25. The van der Waals surface area contributed by atoms with Crippen molar-refractivity contribution < 1.29 is 13.5 Å². The summed E-state index contributed by atoms with van der Waals surface area (Å²) in [6.45, 7) is 1.73. The van der Waals surface area contributed by atoms with Crippen LogP contribution in [0.25, 0.3) is 0 Å². The Morgan fingerprint density at radius 1 is 1.42 bits per heavy atom. The Bertz CT molecular complexity index is 475. The molecule has 0 aromatic heterocycles. The molecule has 1 fully saturated rings. The Labute approximate surface area is 124 Å². The molecule has 0 saturated carbocycles. The SMILES string of the molecule is O=S(O)NC1CNCCOC1c1ccc(Cl)c(Cl)c1. The van der Waals surface area contributed by atoms with Crippen LogP contribution in [0.1, 0.15) is 11.7 Å². The fraction of sp³-hybridized carbons (Fsp3) is 0.455. The Morgan fingerprint density at radius 3 is 2.89 bits per heavy atom. The van der Waals surface area contributed by atoms with E-state index in [2.05, 4.69) is 10.0 Å². The summed E-state index contributed by atoms with van der Waals surface area (Å²) < 4.78 is 28.2. The summed E-state index contributed by atoms with van der Waals surface area (Å²) in [6, 6.07) is 4.88. The van der Waals surface area contributed by atoms with Crippen LogP contribution in [0.3, 0.4) is 0 Å². The van der Waals surface area contributed by atoms with Crippen molar-refractivity contribution >= 4 is 34.5 Å². The molecule has 19 heavy (non-hydrogen) atoms. The van der Waals surface area contributed by atoms with Crippen LogP contribution < -0.4 is 10.0 Å². The van der Waals surface area contributed by atoms with Crippen LogP contribution in [0.15, 0.2) is 18.2 Å². The van der Waals surface area contributed by atoms with E-state index in [1.165, 1.54) is 0 Å². The van der Waals surface area contributed by atoms with Crippen LogP contribution in [0, 0.1) is 0 Å². The number of rotatable bonds is 3. The average molecular weight is 325 g/mol. The first-order valence-electron chi connectivity index (χ1n) is 5.72. The highest BCUT2D eigenvalue weighted by atomic mass is 35.5. The van der Waals surface area contributed by atoms with Crippen molar-refractivity contribution in [1.82, 2.24) is 10.0 Å². The minimum Gasteiger partial charge on any atom is -0.370 e. The molecule has 0 bridgehead atoms. The second kappa shape index (κ2) is 6.99. The summed E-state index contributed by atoms with van der Waals surface area (Å²) in [5, 5.41) is 4.04. The lowest BCUT2D eigenvalue weighted by Gasteiger charge is -2.24. The molecule has 1 aliphatic rings. The zero-order valence-corrected chi connectivity index (χ0v) is 12.3. The van der Waals surface area contributed by atoms with Gasteiger partial charge in [0.05, 0.1) is 22.7 Å². The molecule has 1 heterocycles. The van der Waals surface area contributed by atoms with Gasteiger partial charge in [0.1, 0.15) is 6.10 Å². The van der Waals surface area contributed by atoms with Crippen LogP contribution in [-0.4, -0.2) is 34.5 Å². The number of ether oxygens (including phenoxy) is 1. The van der Waals surface area contributed by atoms with E-state index in [4.69, 9.17) is 32.5 Å². The monoisotopic (exact) mass is 324 g/mol. The van der Waals surface area contributed by atoms with Crippen molar-refractivity contribution in [2.24, 2.45) is 0 Å². The van der Waals surface area contributed by atoms with Gasteiger partial charge in [-0.2, -0.15) is 0 Å². The second-order valence-electron chi connectivity index (χ2n) is 4.14. The molecule has 106 valence electrons. The molecule has 0 radical (unpaired) electrons. The molecule has 0 spiro atoms. The Morgan fingerprint density at radius 2 is 2.21 bits per heavy atom. The first-order chi connectivity index (χ1) is 9.08. The van der Waals surface area contributed by atoms with Crippen molar-refractivity contribution in [3.63, 3.8) is 0 Å². The van der Waals surface area contributed by atoms with E-state index in [9.17, 15) is 4.21 Å². The predicted molar refractivity (Wildman–Crippen MR) is 75.7 cm³/mol. The minimum absolute atomic E-state index is 0.328. The van der Waals surface area contributed by atoms with E-state index >= 15 is 0 Å². The normalized spacial score (nSPS) is 25.8. The molecule has 1 saturated heterocycles. The molecule has 5 nitrogen and oxygen atoms in total. The molecule has 3 N–H and O–H groups in total. The number of hydrogen-bond acceptors (Lipinski definition) is 3. The maximum Gasteiger partial charge on any atom is 0.232 e. The Kier molecular flexibility index (Phi) is 5.58. The molecule has 0 amide bonds. The van der Waals surface area contributed by atoms with Gasteiger partial charge in [-0.15, -0.1) is 0 Å². The van der Waals surface area contributed by atoms with Crippen molar-refractivity contribution in [1.29, 1.82) is 0 Å². The molecular weight excluding hydrogens is 311 g/mol. The van der Waals surface area contributed by atoms with E-state index < -0.39 is 11.3 Å². The van der Waals surface area contributed by atoms with E-state index in [1.807, 2.05) is 0 Å². The highest BCUT2D eigenvalue weighted by molar-refractivity contribution is 7.77. The second-order valence-corrected chi connectivity index (χ2v) is 5.69. The van der Waals surface area contributed by atoms with Gasteiger partial charge in [0.15, 0.2) is 0 Å². The third-order valence-corrected chi connectivity index (χ3v) is 4.07. The summed E-state index contributed by atoms with van der Waals surface area (Å²) in [4.78, 5) is 0. The summed E-state index contributed by atoms with van der Waals surface area (Å²) in [5.41, 5.74) is 0.820. The highest BCUT2D eigenvalue weighted by Crippen LogP contribution is 2.29. The van der Waals surface area contributed by atoms with E-state index in [-0.39, 0.29) is 12.1 Å². The first kappa shape index (κ1) is 15.2. The van der Waals surface area contributed by atoms with Crippen molar-refractivity contribution in [2.75, 3.05) is 19.7 Å². The molecule has 3 atom stereocenters. The maximum atomic E-state index is 10.9. The standard InChI is InChI=1S/C11H14Cl2N2O3S/c12-8-2-1-7(5-9(8)13)11-10(15-19(16)17)6-14-3-4-18-11/h1-2,5,10-11,14-15H,3-4,6H2,(H,16,17). The van der Waals surface area contributed by atoms with Gasteiger partial charge in [-0.1, -0.05) is 29.3 Å². The van der Waals surface area contributed by atoms with Crippen molar-refractivity contribution in [3.05, 3.63) is 33.8 Å². The zero-order chi connectivity index (χ0) is 13.8. The predicted octanol–water partition coefficient (Wildman–Crippen LogP) is 1.75. The number of benzene rings is 1. The molecule has 8 heteroatoms. The lowest BCUT2D eigenvalue weighted by atomic mass is 10.0. The third kappa shape index (κ3) is 4.13. The first-order valence-corrected chi connectivity index (χ1v) is 7.58. The number of halogens is 2. The van der Waals surface area contributed by atoms with Crippen molar-refractivity contribution in [3.8, 4) is 0 Å². The lowest BCUT2D eigenvalue weighted by molar-refractivity contribution is 0.0492. The van der Waals surface area contributed by atoms with Gasteiger partial charge in [-0.05, 0) is 17.7 Å². The number of nitrogens with one attached hydrogen (secondary N) is 2. The van der Waals surface area contributed by atoms with Gasteiger partial charge < -0.3 is 10.1 Å². The molecule has 3 unspecified atom stereocenters. The molecule has 0 aliphatic carbocycles. The summed E-state index contributed by atoms with van der Waals surface area (Å²) in [6.07, 6.45) is -0.360. The molecule has 2 rings (SSSR count). The van der Waals surface area contributed by atoms with Crippen LogP contribution in [0.4, 0.5) is 0 Å². The van der Waals surface area contributed by atoms with Gasteiger partial charge in [0.2, 0.25) is 11.3 Å². The topological polar surface area (TPSA) is 70.6 Å². The maximum absolute atomic E-state index is 10.9. The molecule has 1 aliphatic heterocycles. The highest BCUT2D eigenvalue weighted by Gasteiger charge is 2.27. The van der Waals surface area contributed by atoms with Gasteiger partial charge in [0.25, 0.3) is 0 Å². The summed E-state index contributed by atoms with van der Waals surface area (Å²) in [5.74, 6) is 0. The van der Waals surface area contributed by atoms with Crippen LogP contribution in [0.2, 0.25) is 10.0 Å². The largest absolute Gasteiger partial charge is 0.370 e. The fourth-order valence-corrected chi connectivity index (χ4v) is 2.76. The van der Waals surface area contributed by atoms with Crippen LogP contribution in [0.5, 0.6) is 0 Å². The van der Waals surface area contributed by atoms with Gasteiger partial charge in [-0.25, -0.2) is 8.93 Å². The average Bonchev–Trinajstić information content (AvgIpc) is 2.57. The fourth-order valence-electron chi connectivity index (χ4n) is 1.99. The molecular formula is C11H14Cl2N2O3S. The quantitative estimate of drug-likeness (QED) is 0.741. The molecule has 1 aromatic carbocycles. The minimum atomic E-state index is -2.10. The zero-order valence-electron chi connectivity index (χ0n) is 9.94. The van der Waals surface area contributed by atoms with Crippen LogP contribution >= 0.6 is 23.2 Å². The van der Waals surface area contributed by atoms with E-state index in [0.29, 0.717) is 29.7 Å². The summed E-state index contributed by atoms with van der Waals surface area (Å²) >= 11 is 9.77.